The lowest BCUT2D eigenvalue weighted by Gasteiger charge is -2.34. The van der Waals surface area contributed by atoms with Crippen LogP contribution in [0.25, 0.3) is 0 Å². The average Bonchev–Trinajstić information content (AvgIpc) is 3.19. The second-order valence-corrected chi connectivity index (χ2v) is 8.22. The normalized spacial score (nSPS) is 22.0. The summed E-state index contributed by atoms with van der Waals surface area (Å²) in [6.07, 6.45) is 3.50. The first kappa shape index (κ1) is 24.5. The minimum Gasteiger partial charge on any atom is -0.489 e. The second-order valence-electron chi connectivity index (χ2n) is 7.79. The van der Waals surface area contributed by atoms with Crippen LogP contribution in [-0.2, 0) is 4.74 Å². The number of hydrogen-bond acceptors (Lipinski definition) is 4. The van der Waals surface area contributed by atoms with Crippen LogP contribution in [0.1, 0.15) is 26.2 Å². The monoisotopic (exact) mass is 536 g/mol. The molecule has 2 atom stereocenters. The molecule has 3 rings (SSSR count). The Hall–Kier alpha value is -0.770. The molecule has 0 bridgehead atoms. The number of rotatable bonds is 7. The molecule has 6 nitrogen and oxygen atoms in total. The molecule has 2 saturated heterocycles. The maximum Gasteiger partial charge on any atom is 0.191 e. The summed E-state index contributed by atoms with van der Waals surface area (Å²) >= 11 is 6.01. The Balaban J connectivity index is 0.00000300. The first-order valence-corrected chi connectivity index (χ1v) is 10.7. The third-order valence-electron chi connectivity index (χ3n) is 5.38. The minimum absolute atomic E-state index is 0. The average molecular weight is 537 g/mol. The van der Waals surface area contributed by atoms with E-state index in [0.29, 0.717) is 17.6 Å². The summed E-state index contributed by atoms with van der Waals surface area (Å²) in [5.41, 5.74) is 0. The number of halogens is 2. The highest BCUT2D eigenvalue weighted by Crippen LogP contribution is 2.19. The summed E-state index contributed by atoms with van der Waals surface area (Å²) in [6.45, 7) is 8.03. The Morgan fingerprint density at radius 2 is 2.14 bits per heavy atom. The summed E-state index contributed by atoms with van der Waals surface area (Å²) in [5, 5.41) is 7.61. The number of guanidine groups is 1. The Morgan fingerprint density at radius 1 is 1.34 bits per heavy atom. The van der Waals surface area contributed by atoms with Gasteiger partial charge in [0.05, 0.1) is 13.2 Å². The van der Waals surface area contributed by atoms with E-state index >= 15 is 0 Å². The van der Waals surface area contributed by atoms with Crippen molar-refractivity contribution in [2.45, 2.75) is 38.3 Å². The molecule has 0 saturated carbocycles. The number of nitrogens with one attached hydrogen (secondary N) is 2. The quantitative estimate of drug-likeness (QED) is 0.318. The predicted molar refractivity (Wildman–Crippen MR) is 130 cm³/mol. The molecule has 0 radical (unpaired) electrons. The molecule has 0 aromatic heterocycles. The first-order valence-electron chi connectivity index (χ1n) is 10.3. The maximum atomic E-state index is 6.01. The molecule has 1 aromatic rings. The van der Waals surface area contributed by atoms with Crippen molar-refractivity contribution in [2.75, 3.05) is 46.4 Å². The summed E-state index contributed by atoms with van der Waals surface area (Å²) in [7, 11) is 1.81. The number of nitrogens with zero attached hydrogens (tertiary/aromatic N) is 2. The Morgan fingerprint density at radius 3 is 2.79 bits per heavy atom. The molecule has 0 amide bonds. The van der Waals surface area contributed by atoms with Crippen LogP contribution < -0.4 is 15.4 Å². The summed E-state index contributed by atoms with van der Waals surface area (Å²) in [4.78, 5) is 6.94. The van der Waals surface area contributed by atoms with E-state index < -0.39 is 0 Å². The van der Waals surface area contributed by atoms with Crippen molar-refractivity contribution in [3.8, 4) is 5.75 Å². The molecule has 1 aromatic carbocycles. The molecule has 2 fully saturated rings. The number of piperidine rings is 1. The Kier molecular flexibility index (Phi) is 10.8. The SMILES string of the molecule is CN=C(NCC(C)Oc1cccc(Cl)c1)NC1CCN(CC2CCOC2)CC1.I. The van der Waals surface area contributed by atoms with Gasteiger partial charge >= 0.3 is 0 Å². The summed E-state index contributed by atoms with van der Waals surface area (Å²) < 4.78 is 11.4. The van der Waals surface area contributed by atoms with E-state index in [1.165, 1.54) is 13.0 Å². The third-order valence-corrected chi connectivity index (χ3v) is 5.62. The van der Waals surface area contributed by atoms with Crippen LogP contribution in [-0.4, -0.2) is 69.4 Å². The van der Waals surface area contributed by atoms with E-state index in [1.54, 1.807) is 0 Å². The van der Waals surface area contributed by atoms with Gasteiger partial charge in [-0.3, -0.25) is 4.99 Å². The molecule has 2 aliphatic heterocycles. The van der Waals surface area contributed by atoms with Gasteiger partial charge in [0.25, 0.3) is 0 Å². The number of aliphatic imine (C=N–C) groups is 1. The van der Waals surface area contributed by atoms with Crippen molar-refractivity contribution in [2.24, 2.45) is 10.9 Å². The van der Waals surface area contributed by atoms with Crippen molar-refractivity contribution in [1.29, 1.82) is 0 Å². The molecule has 2 aliphatic rings. The Bertz CT molecular complexity index is 635. The van der Waals surface area contributed by atoms with Gasteiger partial charge in [0.15, 0.2) is 5.96 Å². The zero-order valence-electron chi connectivity index (χ0n) is 17.4. The zero-order valence-corrected chi connectivity index (χ0v) is 20.5. The highest BCUT2D eigenvalue weighted by Gasteiger charge is 2.24. The van der Waals surface area contributed by atoms with Gasteiger partial charge in [0, 0.05) is 44.4 Å². The van der Waals surface area contributed by atoms with Gasteiger partial charge in [-0.15, -0.1) is 24.0 Å². The van der Waals surface area contributed by atoms with Crippen LogP contribution >= 0.6 is 35.6 Å². The molecule has 2 unspecified atom stereocenters. The van der Waals surface area contributed by atoms with Crippen LogP contribution in [0.5, 0.6) is 5.75 Å². The highest BCUT2D eigenvalue weighted by atomic mass is 127. The van der Waals surface area contributed by atoms with E-state index in [0.717, 1.165) is 56.8 Å². The van der Waals surface area contributed by atoms with E-state index in [9.17, 15) is 0 Å². The van der Waals surface area contributed by atoms with E-state index in [4.69, 9.17) is 21.1 Å². The molecule has 2 N–H and O–H groups in total. The smallest absolute Gasteiger partial charge is 0.191 e. The maximum absolute atomic E-state index is 6.01. The van der Waals surface area contributed by atoms with Crippen molar-refractivity contribution in [3.63, 3.8) is 0 Å². The fraction of sp³-hybridized carbons (Fsp3) is 0.667. The fourth-order valence-corrected chi connectivity index (χ4v) is 3.98. The lowest BCUT2D eigenvalue weighted by Crippen LogP contribution is -2.50. The molecular weight excluding hydrogens is 503 g/mol. The zero-order chi connectivity index (χ0) is 19.8. The van der Waals surface area contributed by atoms with Crippen molar-refractivity contribution >= 4 is 41.5 Å². The van der Waals surface area contributed by atoms with Crippen LogP contribution in [0, 0.1) is 5.92 Å². The van der Waals surface area contributed by atoms with Gasteiger partial charge in [-0.2, -0.15) is 0 Å². The van der Waals surface area contributed by atoms with Crippen molar-refractivity contribution in [3.05, 3.63) is 29.3 Å². The molecule has 0 aliphatic carbocycles. The van der Waals surface area contributed by atoms with Crippen LogP contribution in [0.2, 0.25) is 5.02 Å². The van der Waals surface area contributed by atoms with E-state index in [1.807, 2.05) is 38.2 Å². The Labute approximate surface area is 196 Å². The molecule has 164 valence electrons. The third kappa shape index (κ3) is 8.47. The number of hydrogen-bond donors (Lipinski definition) is 2. The first-order chi connectivity index (χ1) is 13.6. The van der Waals surface area contributed by atoms with Crippen molar-refractivity contribution in [1.82, 2.24) is 15.5 Å². The molecule has 0 spiro atoms. The van der Waals surface area contributed by atoms with E-state index in [2.05, 4.69) is 20.5 Å². The van der Waals surface area contributed by atoms with Gasteiger partial charge in [-0.05, 0) is 50.3 Å². The highest BCUT2D eigenvalue weighted by molar-refractivity contribution is 14.0. The number of likely N-dealkylation sites (tertiary alicyclic amines) is 1. The van der Waals surface area contributed by atoms with Crippen LogP contribution in [0.3, 0.4) is 0 Å². The largest absolute Gasteiger partial charge is 0.489 e. The van der Waals surface area contributed by atoms with Crippen molar-refractivity contribution < 1.29 is 9.47 Å². The number of benzene rings is 1. The van der Waals surface area contributed by atoms with Gasteiger partial charge in [-0.1, -0.05) is 17.7 Å². The van der Waals surface area contributed by atoms with Gasteiger partial charge in [0.1, 0.15) is 11.9 Å². The van der Waals surface area contributed by atoms with E-state index in [-0.39, 0.29) is 30.1 Å². The van der Waals surface area contributed by atoms with Crippen LogP contribution in [0.4, 0.5) is 0 Å². The van der Waals surface area contributed by atoms with Gasteiger partial charge < -0.3 is 25.0 Å². The summed E-state index contributed by atoms with van der Waals surface area (Å²) in [5.74, 6) is 2.34. The predicted octanol–water partition coefficient (Wildman–Crippen LogP) is 3.39. The molecule has 29 heavy (non-hydrogen) atoms. The minimum atomic E-state index is 0. The summed E-state index contributed by atoms with van der Waals surface area (Å²) in [6, 6.07) is 7.95. The molecular formula is C21H34ClIN4O2. The second kappa shape index (κ2) is 12.8. The lowest BCUT2D eigenvalue weighted by atomic mass is 10.0. The molecule has 8 heteroatoms. The van der Waals surface area contributed by atoms with Gasteiger partial charge in [0.2, 0.25) is 0 Å². The standard InChI is InChI=1S/C21H33ClN4O2.HI/c1-16(28-20-5-3-4-18(22)12-20)13-24-21(23-2)25-19-6-9-26(10-7-19)14-17-8-11-27-15-17;/h3-5,12,16-17,19H,6-11,13-15H2,1-2H3,(H2,23,24,25);1H. The van der Waals surface area contributed by atoms with Crippen LogP contribution in [0.15, 0.2) is 29.3 Å². The van der Waals surface area contributed by atoms with Gasteiger partial charge in [-0.25, -0.2) is 0 Å². The fourth-order valence-electron chi connectivity index (χ4n) is 3.80. The topological polar surface area (TPSA) is 58.1 Å². The lowest BCUT2D eigenvalue weighted by molar-refractivity contribution is 0.150. The molecule has 2 heterocycles. The number of ether oxygens (including phenoxy) is 2.